The molecule has 1 spiro atoms. The summed E-state index contributed by atoms with van der Waals surface area (Å²) in [6.45, 7) is 5.74. The van der Waals surface area contributed by atoms with Gasteiger partial charge in [0.15, 0.2) is 0 Å². The van der Waals surface area contributed by atoms with E-state index in [2.05, 4.69) is 44.0 Å². The number of rotatable bonds is 3. The number of pyridine rings is 2. The zero-order valence-electron chi connectivity index (χ0n) is 14.0. The molecule has 5 heteroatoms. The molecular weight excluding hydrogens is 300 g/mol. The van der Waals surface area contributed by atoms with Crippen LogP contribution in [0, 0.1) is 0 Å². The molecule has 0 unspecified atom stereocenters. The fraction of sp³-hybridized carbons (Fsp3) is 0.474. The molecule has 2 fully saturated rings. The van der Waals surface area contributed by atoms with Crippen LogP contribution in [0.5, 0.6) is 0 Å². The molecule has 0 bridgehead atoms. The Balaban J connectivity index is 1.45. The smallest absolute Gasteiger partial charge is 0.128 e. The predicted molar refractivity (Wildman–Crippen MR) is 93.9 cm³/mol. The summed E-state index contributed by atoms with van der Waals surface area (Å²) in [5, 5.41) is 0. The highest BCUT2D eigenvalue weighted by molar-refractivity contribution is 5.39. The summed E-state index contributed by atoms with van der Waals surface area (Å²) in [5.74, 6) is 1.06. The topological polar surface area (TPSA) is 41.5 Å². The Kier molecular flexibility index (Phi) is 4.45. The third kappa shape index (κ3) is 3.42. The number of piperidine rings is 1. The van der Waals surface area contributed by atoms with E-state index in [9.17, 15) is 0 Å². The Morgan fingerprint density at radius 2 is 1.96 bits per heavy atom. The minimum Gasteiger partial charge on any atom is -0.370 e. The molecule has 1 atom stereocenters. The van der Waals surface area contributed by atoms with Crippen molar-refractivity contribution in [1.29, 1.82) is 0 Å². The van der Waals surface area contributed by atoms with Crippen molar-refractivity contribution < 1.29 is 4.74 Å². The zero-order valence-corrected chi connectivity index (χ0v) is 14.0. The van der Waals surface area contributed by atoms with E-state index in [4.69, 9.17) is 4.74 Å². The van der Waals surface area contributed by atoms with Gasteiger partial charge in [0.2, 0.25) is 0 Å². The van der Waals surface area contributed by atoms with Crippen molar-refractivity contribution in [2.75, 3.05) is 37.7 Å². The lowest BCUT2D eigenvalue weighted by molar-refractivity contribution is -0.116. The van der Waals surface area contributed by atoms with Gasteiger partial charge in [-0.25, -0.2) is 4.98 Å². The molecule has 2 aromatic rings. The second-order valence-electron chi connectivity index (χ2n) is 6.81. The molecule has 0 aliphatic carbocycles. The van der Waals surface area contributed by atoms with Crippen molar-refractivity contribution >= 4 is 5.82 Å². The van der Waals surface area contributed by atoms with Crippen LogP contribution >= 0.6 is 0 Å². The largest absolute Gasteiger partial charge is 0.370 e. The molecule has 0 saturated carbocycles. The first-order chi connectivity index (χ1) is 11.8. The second-order valence-corrected chi connectivity index (χ2v) is 6.81. The first-order valence-electron chi connectivity index (χ1n) is 8.74. The van der Waals surface area contributed by atoms with Crippen LogP contribution in [0.4, 0.5) is 5.82 Å². The monoisotopic (exact) mass is 324 g/mol. The molecule has 0 radical (unpaired) electrons. The Morgan fingerprint density at radius 3 is 2.79 bits per heavy atom. The highest BCUT2D eigenvalue weighted by Gasteiger charge is 2.40. The van der Waals surface area contributed by atoms with E-state index in [1.54, 1.807) is 0 Å². The first-order valence-corrected chi connectivity index (χ1v) is 8.74. The lowest BCUT2D eigenvalue weighted by Crippen LogP contribution is -2.59. The first kappa shape index (κ1) is 15.5. The Morgan fingerprint density at radius 1 is 1.04 bits per heavy atom. The van der Waals surface area contributed by atoms with Gasteiger partial charge in [0.1, 0.15) is 5.82 Å². The third-order valence-electron chi connectivity index (χ3n) is 5.00. The van der Waals surface area contributed by atoms with Crippen LogP contribution in [0.25, 0.3) is 0 Å². The zero-order chi connectivity index (χ0) is 16.2. The van der Waals surface area contributed by atoms with Gasteiger partial charge in [-0.3, -0.25) is 9.88 Å². The highest BCUT2D eigenvalue weighted by Crippen LogP contribution is 2.31. The summed E-state index contributed by atoms with van der Waals surface area (Å²) >= 11 is 0. The molecule has 24 heavy (non-hydrogen) atoms. The van der Waals surface area contributed by atoms with Crippen LogP contribution < -0.4 is 4.90 Å². The number of anilines is 1. The van der Waals surface area contributed by atoms with E-state index in [1.165, 1.54) is 5.56 Å². The molecule has 126 valence electrons. The second kappa shape index (κ2) is 6.87. The van der Waals surface area contributed by atoms with E-state index in [-0.39, 0.29) is 5.60 Å². The van der Waals surface area contributed by atoms with E-state index in [0.717, 1.165) is 58.0 Å². The molecular formula is C19H24N4O. The summed E-state index contributed by atoms with van der Waals surface area (Å²) in [7, 11) is 0. The summed E-state index contributed by atoms with van der Waals surface area (Å²) in [5.41, 5.74) is 1.25. The van der Waals surface area contributed by atoms with Crippen LogP contribution in [0.3, 0.4) is 0 Å². The molecule has 0 N–H and O–H groups in total. The number of ether oxygens (including phenoxy) is 1. The van der Waals surface area contributed by atoms with Crippen LogP contribution in [-0.2, 0) is 11.3 Å². The van der Waals surface area contributed by atoms with Crippen molar-refractivity contribution in [2.45, 2.75) is 25.0 Å². The van der Waals surface area contributed by atoms with Gasteiger partial charge in [-0.15, -0.1) is 0 Å². The third-order valence-corrected chi connectivity index (χ3v) is 5.00. The summed E-state index contributed by atoms with van der Waals surface area (Å²) in [6.07, 6.45) is 7.89. The average Bonchev–Trinajstić information content (AvgIpc) is 2.63. The van der Waals surface area contributed by atoms with E-state index >= 15 is 0 Å². The quantitative estimate of drug-likeness (QED) is 0.867. The number of aromatic nitrogens is 2. The van der Waals surface area contributed by atoms with Crippen LogP contribution in [0.2, 0.25) is 0 Å². The molecule has 0 aromatic carbocycles. The van der Waals surface area contributed by atoms with Gasteiger partial charge in [-0.05, 0) is 42.7 Å². The van der Waals surface area contributed by atoms with Gasteiger partial charge in [-0.2, -0.15) is 0 Å². The van der Waals surface area contributed by atoms with Crippen LogP contribution in [-0.4, -0.2) is 53.3 Å². The Hall–Kier alpha value is -1.98. The number of morpholine rings is 1. The SMILES string of the molecule is c1ccc(N2CCC[C@@]3(CN(Cc4ccncc4)CCO3)C2)nc1. The fourth-order valence-electron chi connectivity index (χ4n) is 3.89. The van der Waals surface area contributed by atoms with E-state index < -0.39 is 0 Å². The fourth-order valence-corrected chi connectivity index (χ4v) is 3.89. The van der Waals surface area contributed by atoms with Gasteiger partial charge < -0.3 is 9.64 Å². The van der Waals surface area contributed by atoms with Crippen molar-refractivity contribution in [3.05, 3.63) is 54.5 Å². The Labute approximate surface area is 143 Å². The molecule has 0 amide bonds. The summed E-state index contributed by atoms with van der Waals surface area (Å²) in [4.78, 5) is 13.5. The highest BCUT2D eigenvalue weighted by atomic mass is 16.5. The number of hydrogen-bond acceptors (Lipinski definition) is 5. The molecule has 2 aliphatic heterocycles. The van der Waals surface area contributed by atoms with Crippen LogP contribution in [0.15, 0.2) is 48.9 Å². The average molecular weight is 324 g/mol. The predicted octanol–water partition coefficient (Wildman–Crippen LogP) is 2.35. The van der Waals surface area contributed by atoms with Crippen LogP contribution in [0.1, 0.15) is 18.4 Å². The maximum atomic E-state index is 6.30. The van der Waals surface area contributed by atoms with Gasteiger partial charge in [-0.1, -0.05) is 6.07 Å². The normalized spacial score (nSPS) is 25.1. The summed E-state index contributed by atoms with van der Waals surface area (Å²) < 4.78 is 6.30. The molecule has 2 aromatic heterocycles. The Bertz CT molecular complexity index is 647. The number of hydrogen-bond donors (Lipinski definition) is 0. The van der Waals surface area contributed by atoms with Crippen molar-refractivity contribution in [3.63, 3.8) is 0 Å². The molecule has 4 rings (SSSR count). The van der Waals surface area contributed by atoms with E-state index in [1.807, 2.05) is 24.7 Å². The standard InChI is InChI=1S/C19H24N4O/c1-2-8-21-18(4-1)23-11-3-7-19(16-23)15-22(12-13-24-19)14-17-5-9-20-10-6-17/h1-2,4-6,8-10H,3,7,11-16H2/t19-/m1/s1. The number of nitrogens with zero attached hydrogens (tertiary/aromatic N) is 4. The van der Waals surface area contributed by atoms with Gasteiger partial charge in [0.05, 0.1) is 12.2 Å². The van der Waals surface area contributed by atoms with Gasteiger partial charge in [0.25, 0.3) is 0 Å². The minimum absolute atomic E-state index is 0.0684. The summed E-state index contributed by atoms with van der Waals surface area (Å²) in [6, 6.07) is 10.3. The maximum Gasteiger partial charge on any atom is 0.128 e. The van der Waals surface area contributed by atoms with Crippen molar-refractivity contribution in [1.82, 2.24) is 14.9 Å². The lowest BCUT2D eigenvalue weighted by Gasteiger charge is -2.48. The molecule has 2 saturated heterocycles. The van der Waals surface area contributed by atoms with Crippen molar-refractivity contribution in [2.24, 2.45) is 0 Å². The lowest BCUT2D eigenvalue weighted by atomic mass is 9.90. The minimum atomic E-state index is -0.0684. The van der Waals surface area contributed by atoms with Gasteiger partial charge >= 0.3 is 0 Å². The maximum absolute atomic E-state index is 6.30. The molecule has 5 nitrogen and oxygen atoms in total. The molecule has 2 aliphatic rings. The van der Waals surface area contributed by atoms with E-state index in [0.29, 0.717) is 0 Å². The van der Waals surface area contributed by atoms with Gasteiger partial charge in [0, 0.05) is 51.3 Å². The molecule has 4 heterocycles. The van der Waals surface area contributed by atoms with Crippen molar-refractivity contribution in [3.8, 4) is 0 Å².